The summed E-state index contributed by atoms with van der Waals surface area (Å²) < 4.78 is 31.4. The average molecular weight is 541 g/mol. The molecule has 194 valence electrons. The Morgan fingerprint density at radius 2 is 2.05 bits per heavy atom. The summed E-state index contributed by atoms with van der Waals surface area (Å²) in [5.74, 6) is -1.47. The molecule has 2 aromatic rings. The zero-order valence-electron chi connectivity index (χ0n) is 19.5. The fourth-order valence-corrected chi connectivity index (χ4v) is 5.35. The topological polar surface area (TPSA) is 132 Å². The smallest absolute Gasteiger partial charge is 0.247 e. The number of rotatable bonds is 4. The van der Waals surface area contributed by atoms with E-state index in [1.54, 1.807) is 11.0 Å². The molecule has 1 aromatic carbocycles. The largest absolute Gasteiger partial charge is 0.390 e. The lowest BCUT2D eigenvalue weighted by atomic mass is 9.92. The monoisotopic (exact) mass is 540 g/mol. The Hall–Kier alpha value is -4.07. The maximum absolute atomic E-state index is 15.3. The molecule has 11 nitrogen and oxygen atoms in total. The molecular weight excluding hydrogens is 522 g/mol. The van der Waals surface area contributed by atoms with E-state index in [1.807, 2.05) is 0 Å². The zero-order chi connectivity index (χ0) is 26.6. The molecule has 0 spiro atoms. The summed E-state index contributed by atoms with van der Waals surface area (Å²) in [4.78, 5) is 23.8. The highest BCUT2D eigenvalue weighted by atomic mass is 35.5. The van der Waals surface area contributed by atoms with Crippen molar-refractivity contribution in [1.29, 1.82) is 0 Å². The molecule has 5 heterocycles. The molecule has 4 aliphatic rings. The second-order valence-corrected chi connectivity index (χ2v) is 9.39. The molecule has 0 bridgehead atoms. The van der Waals surface area contributed by atoms with Crippen LogP contribution in [-0.2, 0) is 4.79 Å². The first-order chi connectivity index (χ1) is 18.4. The Morgan fingerprint density at radius 3 is 2.82 bits per heavy atom. The van der Waals surface area contributed by atoms with Gasteiger partial charge in [0.15, 0.2) is 17.5 Å². The van der Waals surface area contributed by atoms with Crippen LogP contribution in [-0.4, -0.2) is 77.1 Å². The Labute approximate surface area is 219 Å². The summed E-state index contributed by atoms with van der Waals surface area (Å²) in [6.07, 6.45) is 8.18. The highest BCUT2D eigenvalue weighted by Crippen LogP contribution is 2.41. The van der Waals surface area contributed by atoms with Gasteiger partial charge in [-0.15, -0.1) is 5.10 Å². The highest BCUT2D eigenvalue weighted by Gasteiger charge is 2.43. The minimum Gasteiger partial charge on any atom is -0.390 e. The molecule has 4 aliphatic heterocycles. The molecule has 1 fully saturated rings. The number of hydrogen-bond donors (Lipinski definition) is 2. The summed E-state index contributed by atoms with van der Waals surface area (Å²) in [6, 6.07) is 2.31. The molecule has 14 heteroatoms. The number of allylic oxidation sites excluding steroid dienone is 4. The van der Waals surface area contributed by atoms with E-state index in [2.05, 4.69) is 25.5 Å². The molecule has 0 saturated carbocycles. The van der Waals surface area contributed by atoms with Gasteiger partial charge in [-0.2, -0.15) is 4.68 Å². The highest BCUT2D eigenvalue weighted by molar-refractivity contribution is 6.31. The van der Waals surface area contributed by atoms with Gasteiger partial charge in [0, 0.05) is 29.5 Å². The Balaban J connectivity index is 1.32. The van der Waals surface area contributed by atoms with Gasteiger partial charge in [0.05, 0.1) is 35.3 Å². The third-order valence-electron chi connectivity index (χ3n) is 6.93. The number of amides is 1. The van der Waals surface area contributed by atoms with Crippen LogP contribution in [0.15, 0.2) is 69.6 Å². The van der Waals surface area contributed by atoms with Gasteiger partial charge in [0.1, 0.15) is 12.0 Å². The van der Waals surface area contributed by atoms with Crippen molar-refractivity contribution < 1.29 is 23.9 Å². The number of carbonyl (C=O) groups excluding carboxylic acids is 1. The fraction of sp³-hybridized carbons (Fsp3) is 0.250. The predicted molar refractivity (Wildman–Crippen MR) is 131 cm³/mol. The van der Waals surface area contributed by atoms with Crippen molar-refractivity contribution in [3.05, 3.63) is 76.0 Å². The van der Waals surface area contributed by atoms with Crippen LogP contribution in [0.5, 0.6) is 0 Å². The van der Waals surface area contributed by atoms with Crippen molar-refractivity contribution in [2.24, 2.45) is 9.98 Å². The maximum atomic E-state index is 15.3. The first kappa shape index (κ1) is 24.3. The second-order valence-electron chi connectivity index (χ2n) is 8.98. The summed E-state index contributed by atoms with van der Waals surface area (Å²) in [5, 5.41) is 30.5. The van der Waals surface area contributed by atoms with E-state index in [9.17, 15) is 19.5 Å². The van der Waals surface area contributed by atoms with E-state index in [0.717, 1.165) is 0 Å². The molecule has 1 amide bonds. The van der Waals surface area contributed by atoms with Crippen molar-refractivity contribution in [2.45, 2.75) is 31.3 Å². The molecule has 0 aliphatic carbocycles. The van der Waals surface area contributed by atoms with E-state index in [1.165, 1.54) is 41.6 Å². The number of halogens is 3. The van der Waals surface area contributed by atoms with Gasteiger partial charge in [-0.1, -0.05) is 11.6 Å². The van der Waals surface area contributed by atoms with Gasteiger partial charge in [0.2, 0.25) is 5.91 Å². The lowest BCUT2D eigenvalue weighted by molar-refractivity contribution is -0.128. The van der Waals surface area contributed by atoms with Gasteiger partial charge in [0.25, 0.3) is 0 Å². The van der Waals surface area contributed by atoms with Gasteiger partial charge in [-0.3, -0.25) is 10.0 Å². The molecule has 1 saturated heterocycles. The number of aromatic nitrogens is 4. The van der Waals surface area contributed by atoms with E-state index >= 15 is 4.39 Å². The number of amidine groups is 1. The van der Waals surface area contributed by atoms with Crippen LogP contribution >= 0.6 is 11.6 Å². The van der Waals surface area contributed by atoms with Crippen molar-refractivity contribution in [3.63, 3.8) is 0 Å². The first-order valence-corrected chi connectivity index (χ1v) is 12.0. The molecule has 38 heavy (non-hydrogen) atoms. The number of nitrogens with zero attached hydrogens (tertiary/aromatic N) is 8. The molecule has 2 atom stereocenters. The molecule has 6 rings (SSSR count). The molecule has 2 N–H and O–H groups in total. The minimum atomic E-state index is -0.822. The predicted octanol–water partition coefficient (Wildman–Crippen LogP) is 2.73. The zero-order valence-corrected chi connectivity index (χ0v) is 20.3. The molecule has 0 radical (unpaired) electrons. The van der Waals surface area contributed by atoms with E-state index in [0.29, 0.717) is 41.4 Å². The Kier molecular flexibility index (Phi) is 5.97. The lowest BCUT2D eigenvalue weighted by Crippen LogP contribution is -2.45. The summed E-state index contributed by atoms with van der Waals surface area (Å²) in [5.41, 5.74) is 0.959. The SMILES string of the molecule is O=C1C=C(c2c(-n3cnnn3)ccc(Cl)c2F)C[C@H]2CC[C@@H](C3=N/C(=C4/C=CN(O)C(CO)=C4F)C=N3)N12. The summed E-state index contributed by atoms with van der Waals surface area (Å²) >= 11 is 6.08. The number of benzene rings is 1. The third kappa shape index (κ3) is 3.86. The van der Waals surface area contributed by atoms with Gasteiger partial charge >= 0.3 is 0 Å². The third-order valence-corrected chi connectivity index (χ3v) is 7.22. The van der Waals surface area contributed by atoms with Gasteiger partial charge < -0.3 is 10.0 Å². The molecular formula is C24H19ClF2N8O3. The number of hydrogen-bond acceptors (Lipinski definition) is 9. The number of tetrazole rings is 1. The number of aliphatic imine (C=N–C) groups is 2. The van der Waals surface area contributed by atoms with Crippen LogP contribution in [0.25, 0.3) is 11.3 Å². The summed E-state index contributed by atoms with van der Waals surface area (Å²) in [6.45, 7) is -0.708. The van der Waals surface area contributed by atoms with Crippen LogP contribution in [0.1, 0.15) is 24.8 Å². The van der Waals surface area contributed by atoms with Crippen LogP contribution in [0.4, 0.5) is 8.78 Å². The fourth-order valence-electron chi connectivity index (χ4n) is 5.19. The quantitative estimate of drug-likeness (QED) is 0.609. The minimum absolute atomic E-state index is 0.0614. The second kappa shape index (κ2) is 9.35. The van der Waals surface area contributed by atoms with Crippen LogP contribution in [0.2, 0.25) is 5.02 Å². The van der Waals surface area contributed by atoms with E-state index in [4.69, 9.17) is 11.6 Å². The van der Waals surface area contributed by atoms with E-state index in [-0.39, 0.29) is 39.5 Å². The van der Waals surface area contributed by atoms with Crippen molar-refractivity contribution >= 4 is 35.1 Å². The van der Waals surface area contributed by atoms with Crippen molar-refractivity contribution in [1.82, 2.24) is 30.2 Å². The van der Waals surface area contributed by atoms with Crippen LogP contribution in [0.3, 0.4) is 0 Å². The number of aliphatic hydroxyl groups excluding tert-OH is 1. The van der Waals surface area contributed by atoms with Crippen LogP contribution < -0.4 is 0 Å². The number of hydroxylamine groups is 2. The standard InChI is InChI=1S/C24H19ClF2N8O3/c25-15-2-4-17(33-11-29-31-32-33)21(23(15)27)12-7-13-1-3-18(35(13)20(37)8-12)24-28-9-16(30-24)14-5-6-34(38)19(10-36)22(14)26/h2,4-6,8-9,11,13,18,36,38H,1,3,7,10H2/b16-14-/t13-,18+/m1/s1. The average Bonchev–Trinajstić information content (AvgIpc) is 3.67. The maximum Gasteiger partial charge on any atom is 0.247 e. The van der Waals surface area contributed by atoms with Gasteiger partial charge in [-0.25, -0.2) is 23.8 Å². The lowest BCUT2D eigenvalue weighted by Gasteiger charge is -2.33. The number of fused-ring (bicyclic) bond motifs is 1. The Bertz CT molecular complexity index is 1530. The van der Waals surface area contributed by atoms with Crippen molar-refractivity contribution in [3.8, 4) is 5.69 Å². The first-order valence-electron chi connectivity index (χ1n) is 11.6. The normalized spacial score (nSPS) is 24.9. The molecule has 1 aromatic heterocycles. The number of carbonyl (C=O) groups is 1. The van der Waals surface area contributed by atoms with Crippen molar-refractivity contribution in [2.75, 3.05) is 6.61 Å². The number of aliphatic hydroxyl groups is 1. The van der Waals surface area contributed by atoms with Crippen LogP contribution in [0, 0.1) is 5.82 Å². The van der Waals surface area contributed by atoms with Gasteiger partial charge in [-0.05, 0) is 53.5 Å². The van der Waals surface area contributed by atoms with E-state index < -0.39 is 24.3 Å². The Morgan fingerprint density at radius 1 is 1.21 bits per heavy atom. The summed E-state index contributed by atoms with van der Waals surface area (Å²) in [7, 11) is 0. The molecule has 0 unspecified atom stereocenters.